The number of nitrogens with zero attached hydrogens (tertiary/aromatic N) is 3. The van der Waals surface area contributed by atoms with Crippen LogP contribution in [-0.2, 0) is 0 Å². The van der Waals surface area contributed by atoms with Gasteiger partial charge in [-0.1, -0.05) is 35.4 Å². The van der Waals surface area contributed by atoms with E-state index in [1.165, 1.54) is 0 Å². The Morgan fingerprint density at radius 2 is 1.71 bits per heavy atom. The van der Waals surface area contributed by atoms with Crippen molar-refractivity contribution in [3.8, 4) is 11.4 Å². The third-order valence-electron chi connectivity index (χ3n) is 2.84. The molecule has 1 heterocycles. The van der Waals surface area contributed by atoms with E-state index in [2.05, 4.69) is 32.9 Å². The Bertz CT molecular complexity index is 727. The lowest BCUT2D eigenvalue weighted by molar-refractivity contribution is 0.102. The average Bonchev–Trinajstić information content (AvgIpc) is 2.57. The van der Waals surface area contributed by atoms with Crippen LogP contribution in [-0.4, -0.2) is 21.1 Å². The molecule has 1 amide bonds. The lowest BCUT2D eigenvalue weighted by Gasteiger charge is -2.05. The van der Waals surface area contributed by atoms with E-state index in [-0.39, 0.29) is 5.91 Å². The monoisotopic (exact) mass is 274 g/mol. The van der Waals surface area contributed by atoms with Gasteiger partial charge in [0.15, 0.2) is 5.82 Å². The first-order chi connectivity index (χ1) is 10.3. The Morgan fingerprint density at radius 3 is 2.38 bits per heavy atom. The number of benzene rings is 2. The molecule has 5 heteroatoms. The maximum Gasteiger partial charge on any atom is 0.255 e. The minimum absolute atomic E-state index is 0.167. The van der Waals surface area contributed by atoms with Crippen molar-refractivity contribution >= 4 is 11.6 Å². The van der Waals surface area contributed by atoms with E-state index in [9.17, 15) is 4.79 Å². The maximum atomic E-state index is 12.1. The van der Waals surface area contributed by atoms with E-state index in [0.717, 1.165) is 11.3 Å². The fourth-order valence-electron chi connectivity index (χ4n) is 1.81. The van der Waals surface area contributed by atoms with Gasteiger partial charge in [-0.25, -0.2) is 0 Å². The number of para-hydroxylation sites is 1. The first kappa shape index (κ1) is 12.8. The number of hydrogen-bond donors (Lipinski definition) is 1. The summed E-state index contributed by atoms with van der Waals surface area (Å²) >= 11 is 0. The van der Waals surface area contributed by atoms with Gasteiger partial charge >= 0.3 is 0 Å². The van der Waals surface area contributed by atoms with Gasteiger partial charge in [0.25, 0.3) is 5.91 Å². The van der Waals surface area contributed by atoms with Crippen LogP contribution >= 0.6 is 0 Å². The highest BCUT2D eigenvalue weighted by atomic mass is 16.1. The fourth-order valence-corrected chi connectivity index (χ4v) is 1.81. The zero-order chi connectivity index (χ0) is 14.5. The number of aromatic nitrogens is 3. The fraction of sp³-hybridized carbons (Fsp3) is 0. The highest BCUT2D eigenvalue weighted by molar-refractivity contribution is 6.04. The summed E-state index contributed by atoms with van der Waals surface area (Å²) in [6, 6.07) is 16.3. The van der Waals surface area contributed by atoms with Crippen molar-refractivity contribution in [3.63, 3.8) is 0 Å². The zero-order valence-corrected chi connectivity index (χ0v) is 10.9. The Balaban J connectivity index is 1.77. The summed E-state index contributed by atoms with van der Waals surface area (Å²) in [6.07, 6.45) is 4.90. The summed E-state index contributed by atoms with van der Waals surface area (Å²) in [7, 11) is 0. The second-order valence-electron chi connectivity index (χ2n) is 4.26. The molecule has 21 heavy (non-hydrogen) atoms. The van der Waals surface area contributed by atoms with Crippen LogP contribution in [0.15, 0.2) is 54.6 Å². The van der Waals surface area contributed by atoms with E-state index >= 15 is 0 Å². The van der Waals surface area contributed by atoms with E-state index < -0.39 is 0 Å². The second kappa shape index (κ2) is 5.80. The molecule has 0 aliphatic heterocycles. The number of carbonyl (C=O) groups is 1. The summed E-state index contributed by atoms with van der Waals surface area (Å²) in [5, 5.41) is 10.3. The van der Waals surface area contributed by atoms with Crippen molar-refractivity contribution in [2.45, 2.75) is 0 Å². The van der Waals surface area contributed by atoms with E-state index in [1.54, 1.807) is 24.3 Å². The molecule has 0 saturated carbocycles. The van der Waals surface area contributed by atoms with Crippen LogP contribution in [0.25, 0.3) is 11.4 Å². The minimum atomic E-state index is -0.167. The number of carbonyl (C=O) groups excluding carboxylic acids is 1. The third kappa shape index (κ3) is 3.01. The average molecular weight is 274 g/mol. The van der Waals surface area contributed by atoms with Crippen molar-refractivity contribution in [2.75, 3.05) is 5.32 Å². The Hall–Kier alpha value is -3.26. The first-order valence-electron chi connectivity index (χ1n) is 6.28. The SMILES string of the molecule is O=C(Nc1ccccc1)c1ccc(-c2nc#cnn2)cc1. The normalized spacial score (nSPS) is 9.71. The number of amides is 1. The van der Waals surface area contributed by atoms with Crippen LogP contribution < -0.4 is 5.32 Å². The topological polar surface area (TPSA) is 67.8 Å². The molecule has 3 rings (SSSR count). The predicted molar refractivity (Wildman–Crippen MR) is 77.3 cm³/mol. The Morgan fingerprint density at radius 1 is 0.952 bits per heavy atom. The van der Waals surface area contributed by atoms with Gasteiger partial charge in [-0.2, -0.15) is 4.98 Å². The van der Waals surface area contributed by atoms with E-state index in [1.807, 2.05) is 30.3 Å². The molecule has 5 nitrogen and oxygen atoms in total. The zero-order valence-electron chi connectivity index (χ0n) is 10.9. The number of hydrogen-bond acceptors (Lipinski definition) is 4. The van der Waals surface area contributed by atoms with Gasteiger partial charge in [0.05, 0.1) is 12.4 Å². The molecule has 0 radical (unpaired) electrons. The molecule has 0 atom stereocenters. The number of nitrogens with one attached hydrogen (secondary N) is 1. The third-order valence-corrected chi connectivity index (χ3v) is 2.84. The largest absolute Gasteiger partial charge is 0.322 e. The van der Waals surface area contributed by atoms with Gasteiger partial charge in [-0.15, -0.1) is 5.10 Å². The maximum absolute atomic E-state index is 12.1. The molecule has 2 aromatic carbocycles. The molecule has 1 aromatic heterocycles. The Labute approximate surface area is 121 Å². The van der Waals surface area contributed by atoms with Crippen LogP contribution in [0.3, 0.4) is 0 Å². The van der Waals surface area contributed by atoms with Crippen molar-refractivity contribution < 1.29 is 4.79 Å². The lowest BCUT2D eigenvalue weighted by Crippen LogP contribution is -2.11. The smallest absolute Gasteiger partial charge is 0.255 e. The van der Waals surface area contributed by atoms with E-state index in [0.29, 0.717) is 11.4 Å². The van der Waals surface area contributed by atoms with E-state index in [4.69, 9.17) is 0 Å². The van der Waals surface area contributed by atoms with Crippen LogP contribution in [0.1, 0.15) is 10.4 Å². The number of anilines is 1. The predicted octanol–water partition coefficient (Wildman–Crippen LogP) is 2.39. The van der Waals surface area contributed by atoms with Gasteiger partial charge in [-0.3, -0.25) is 4.79 Å². The van der Waals surface area contributed by atoms with Crippen molar-refractivity contribution in [1.82, 2.24) is 15.2 Å². The van der Waals surface area contributed by atoms with Gasteiger partial charge in [0.1, 0.15) is 0 Å². The molecule has 0 unspecified atom stereocenters. The molecule has 0 aliphatic carbocycles. The molecule has 1 N–H and O–H groups in total. The molecular weight excluding hydrogens is 264 g/mol. The molecular formula is C16H10N4O. The van der Waals surface area contributed by atoms with Gasteiger partial charge in [0, 0.05) is 16.8 Å². The molecule has 0 bridgehead atoms. The molecule has 0 spiro atoms. The van der Waals surface area contributed by atoms with Gasteiger partial charge in [0.2, 0.25) is 0 Å². The summed E-state index contributed by atoms with van der Waals surface area (Å²) < 4.78 is 0. The minimum Gasteiger partial charge on any atom is -0.322 e. The molecule has 0 saturated heterocycles. The molecule has 3 aromatic rings. The molecule has 0 aliphatic rings. The van der Waals surface area contributed by atoms with Crippen molar-refractivity contribution in [3.05, 3.63) is 72.6 Å². The van der Waals surface area contributed by atoms with Crippen molar-refractivity contribution in [2.24, 2.45) is 0 Å². The highest BCUT2D eigenvalue weighted by Crippen LogP contribution is 2.15. The van der Waals surface area contributed by atoms with Gasteiger partial charge < -0.3 is 5.32 Å². The first-order valence-corrected chi connectivity index (χ1v) is 6.28. The summed E-state index contributed by atoms with van der Waals surface area (Å²) in [6.45, 7) is 0. The van der Waals surface area contributed by atoms with Crippen LogP contribution in [0.2, 0.25) is 0 Å². The second-order valence-corrected chi connectivity index (χ2v) is 4.26. The van der Waals surface area contributed by atoms with Crippen LogP contribution in [0, 0.1) is 12.4 Å². The number of rotatable bonds is 3. The lowest BCUT2D eigenvalue weighted by atomic mass is 10.1. The standard InChI is InChI=1S/C16H10N4O/c21-16(19-14-4-2-1-3-5-14)13-8-6-12(7-9-13)15-17-10-11-18-20-15/h1-9H,(H,19,21). The quantitative estimate of drug-likeness (QED) is 0.796. The van der Waals surface area contributed by atoms with Crippen molar-refractivity contribution in [1.29, 1.82) is 0 Å². The highest BCUT2D eigenvalue weighted by Gasteiger charge is 2.07. The molecule has 0 fully saturated rings. The summed E-state index contributed by atoms with van der Waals surface area (Å²) in [4.78, 5) is 16.0. The van der Waals surface area contributed by atoms with Crippen LogP contribution in [0.5, 0.6) is 0 Å². The molecule has 100 valence electrons. The summed E-state index contributed by atoms with van der Waals surface area (Å²) in [5.41, 5.74) is 2.08. The van der Waals surface area contributed by atoms with Gasteiger partial charge in [-0.05, 0) is 24.3 Å². The summed E-state index contributed by atoms with van der Waals surface area (Å²) in [5.74, 6) is 0.281. The van der Waals surface area contributed by atoms with Crippen LogP contribution in [0.4, 0.5) is 5.69 Å². The Kier molecular flexibility index (Phi) is 3.52.